The second-order valence-corrected chi connectivity index (χ2v) is 3.88. The molecule has 0 aliphatic heterocycles. The minimum atomic E-state index is -4.55. The molecule has 6 nitrogen and oxygen atoms in total. The standard InChI is InChI=1S/C10H10F3N5O/c1-6(19)9-15-16-17-18(9)5-7-3-2-4-14-8(7)10(11,12)13/h2-4,6,19H,5H2,1H3. The van der Waals surface area contributed by atoms with Crippen molar-refractivity contribution in [1.82, 2.24) is 25.2 Å². The van der Waals surface area contributed by atoms with Crippen LogP contribution in [0, 0.1) is 0 Å². The maximum Gasteiger partial charge on any atom is 0.433 e. The van der Waals surface area contributed by atoms with E-state index in [1.165, 1.54) is 19.1 Å². The van der Waals surface area contributed by atoms with Crippen LogP contribution in [0.5, 0.6) is 0 Å². The zero-order chi connectivity index (χ0) is 14.0. The van der Waals surface area contributed by atoms with Crippen LogP contribution in [-0.2, 0) is 12.7 Å². The van der Waals surface area contributed by atoms with Gasteiger partial charge in [-0.25, -0.2) is 4.68 Å². The van der Waals surface area contributed by atoms with E-state index in [4.69, 9.17) is 0 Å². The Bertz CT molecular complexity index is 566. The van der Waals surface area contributed by atoms with Crippen LogP contribution in [0.2, 0.25) is 0 Å². The summed E-state index contributed by atoms with van der Waals surface area (Å²) in [4.78, 5) is 3.34. The Kier molecular flexibility index (Phi) is 3.47. The fraction of sp³-hybridized carbons (Fsp3) is 0.400. The lowest BCUT2D eigenvalue weighted by Gasteiger charge is -2.12. The van der Waals surface area contributed by atoms with Crippen molar-refractivity contribution in [2.75, 3.05) is 0 Å². The molecule has 0 amide bonds. The molecule has 0 aliphatic rings. The summed E-state index contributed by atoms with van der Waals surface area (Å²) in [6.45, 7) is 1.21. The van der Waals surface area contributed by atoms with Gasteiger partial charge in [0.15, 0.2) is 5.82 Å². The first-order valence-electron chi connectivity index (χ1n) is 5.35. The summed E-state index contributed by atoms with van der Waals surface area (Å²) < 4.78 is 39.4. The predicted molar refractivity (Wildman–Crippen MR) is 56.8 cm³/mol. The Labute approximate surface area is 105 Å². The third-order valence-corrected chi connectivity index (χ3v) is 2.41. The van der Waals surface area contributed by atoms with Crippen molar-refractivity contribution in [2.24, 2.45) is 0 Å². The largest absolute Gasteiger partial charge is 0.433 e. The van der Waals surface area contributed by atoms with Gasteiger partial charge in [-0.05, 0) is 23.4 Å². The topological polar surface area (TPSA) is 76.7 Å². The molecular weight excluding hydrogens is 263 g/mol. The number of aliphatic hydroxyl groups is 1. The first-order valence-corrected chi connectivity index (χ1v) is 5.35. The minimum absolute atomic E-state index is 0.0656. The summed E-state index contributed by atoms with van der Waals surface area (Å²) in [6.07, 6.45) is -4.45. The summed E-state index contributed by atoms with van der Waals surface area (Å²) in [5.41, 5.74) is -1.05. The van der Waals surface area contributed by atoms with E-state index in [1.54, 1.807) is 0 Å². The Morgan fingerprint density at radius 3 is 2.79 bits per heavy atom. The Balaban J connectivity index is 2.36. The van der Waals surface area contributed by atoms with Crippen molar-refractivity contribution in [3.05, 3.63) is 35.4 Å². The molecule has 1 unspecified atom stereocenters. The molecule has 0 spiro atoms. The number of tetrazole rings is 1. The average Bonchev–Trinajstić information content (AvgIpc) is 2.76. The number of alkyl halides is 3. The number of aliphatic hydroxyl groups excluding tert-OH is 1. The molecular formula is C10H10F3N5O. The lowest BCUT2D eigenvalue weighted by molar-refractivity contribution is -0.141. The molecule has 2 aromatic heterocycles. The molecule has 2 aromatic rings. The van der Waals surface area contributed by atoms with E-state index < -0.39 is 18.0 Å². The molecule has 0 fully saturated rings. The SMILES string of the molecule is CC(O)c1nnnn1Cc1cccnc1C(F)(F)F. The van der Waals surface area contributed by atoms with Gasteiger partial charge in [-0.1, -0.05) is 6.07 Å². The highest BCUT2D eigenvalue weighted by atomic mass is 19.4. The number of hydrogen-bond donors (Lipinski definition) is 1. The molecule has 1 atom stereocenters. The highest BCUT2D eigenvalue weighted by molar-refractivity contribution is 5.22. The second-order valence-electron chi connectivity index (χ2n) is 3.88. The molecule has 9 heteroatoms. The molecule has 0 aliphatic carbocycles. The van der Waals surface area contributed by atoms with E-state index in [1.807, 2.05) is 0 Å². The van der Waals surface area contributed by atoms with Gasteiger partial charge in [0, 0.05) is 11.8 Å². The van der Waals surface area contributed by atoms with Crippen LogP contribution in [0.3, 0.4) is 0 Å². The van der Waals surface area contributed by atoms with Crippen LogP contribution >= 0.6 is 0 Å². The fourth-order valence-corrected chi connectivity index (χ4v) is 1.61. The van der Waals surface area contributed by atoms with Gasteiger partial charge in [-0.15, -0.1) is 5.10 Å². The second kappa shape index (κ2) is 4.92. The van der Waals surface area contributed by atoms with Crippen molar-refractivity contribution in [3.63, 3.8) is 0 Å². The van der Waals surface area contributed by atoms with E-state index in [0.717, 1.165) is 10.9 Å². The maximum atomic E-state index is 12.8. The Morgan fingerprint density at radius 2 is 2.16 bits per heavy atom. The lowest BCUT2D eigenvalue weighted by atomic mass is 10.2. The van der Waals surface area contributed by atoms with Crippen LogP contribution in [0.15, 0.2) is 18.3 Å². The van der Waals surface area contributed by atoms with Crippen molar-refractivity contribution in [2.45, 2.75) is 25.7 Å². The number of hydrogen-bond acceptors (Lipinski definition) is 5. The van der Waals surface area contributed by atoms with Gasteiger partial charge in [-0.3, -0.25) is 4.98 Å². The molecule has 0 saturated carbocycles. The number of aromatic nitrogens is 5. The van der Waals surface area contributed by atoms with Gasteiger partial charge in [0.25, 0.3) is 0 Å². The van der Waals surface area contributed by atoms with Gasteiger partial charge in [0.2, 0.25) is 0 Å². The fourth-order valence-electron chi connectivity index (χ4n) is 1.61. The molecule has 0 bridgehead atoms. The minimum Gasteiger partial charge on any atom is -0.385 e. The summed E-state index contributed by atoms with van der Waals surface area (Å²) in [5, 5.41) is 19.8. The normalized spacial score (nSPS) is 13.5. The van der Waals surface area contributed by atoms with Gasteiger partial charge in [0.1, 0.15) is 11.8 Å². The smallest absolute Gasteiger partial charge is 0.385 e. The Morgan fingerprint density at radius 1 is 1.42 bits per heavy atom. The van der Waals surface area contributed by atoms with Crippen LogP contribution in [0.4, 0.5) is 13.2 Å². The molecule has 102 valence electrons. The lowest BCUT2D eigenvalue weighted by Crippen LogP contribution is -2.16. The van der Waals surface area contributed by atoms with E-state index in [0.29, 0.717) is 0 Å². The van der Waals surface area contributed by atoms with E-state index >= 15 is 0 Å². The first kappa shape index (κ1) is 13.4. The first-order chi connectivity index (χ1) is 8.89. The van der Waals surface area contributed by atoms with E-state index in [9.17, 15) is 18.3 Å². The van der Waals surface area contributed by atoms with Gasteiger partial charge >= 0.3 is 6.18 Å². The number of rotatable bonds is 3. The van der Waals surface area contributed by atoms with Crippen LogP contribution in [-0.4, -0.2) is 30.3 Å². The molecule has 2 rings (SSSR count). The van der Waals surface area contributed by atoms with Crippen molar-refractivity contribution < 1.29 is 18.3 Å². The quantitative estimate of drug-likeness (QED) is 0.909. The van der Waals surface area contributed by atoms with E-state index in [2.05, 4.69) is 20.5 Å². The number of halogens is 3. The van der Waals surface area contributed by atoms with Crippen LogP contribution in [0.1, 0.15) is 30.1 Å². The predicted octanol–water partition coefficient (Wildman–Crippen LogP) is 1.19. The molecule has 0 saturated heterocycles. The van der Waals surface area contributed by atoms with Gasteiger partial charge in [-0.2, -0.15) is 13.2 Å². The zero-order valence-corrected chi connectivity index (χ0v) is 9.83. The average molecular weight is 273 g/mol. The molecule has 0 radical (unpaired) electrons. The van der Waals surface area contributed by atoms with E-state index in [-0.39, 0.29) is 17.9 Å². The monoisotopic (exact) mass is 273 g/mol. The molecule has 0 aromatic carbocycles. The summed E-state index contributed by atoms with van der Waals surface area (Å²) >= 11 is 0. The molecule has 1 N–H and O–H groups in total. The maximum absolute atomic E-state index is 12.8. The van der Waals surface area contributed by atoms with Crippen molar-refractivity contribution in [3.8, 4) is 0 Å². The molecule has 19 heavy (non-hydrogen) atoms. The number of pyridine rings is 1. The highest BCUT2D eigenvalue weighted by Crippen LogP contribution is 2.30. The van der Waals surface area contributed by atoms with Gasteiger partial charge < -0.3 is 5.11 Å². The molecule has 2 heterocycles. The third kappa shape index (κ3) is 2.87. The van der Waals surface area contributed by atoms with Crippen molar-refractivity contribution >= 4 is 0 Å². The number of nitrogens with zero attached hydrogens (tertiary/aromatic N) is 5. The zero-order valence-electron chi connectivity index (χ0n) is 9.83. The van der Waals surface area contributed by atoms with Gasteiger partial charge in [0.05, 0.1) is 6.54 Å². The van der Waals surface area contributed by atoms with Crippen LogP contribution < -0.4 is 0 Å². The Hall–Kier alpha value is -2.03. The summed E-state index contributed by atoms with van der Waals surface area (Å²) in [7, 11) is 0. The van der Waals surface area contributed by atoms with Crippen LogP contribution in [0.25, 0.3) is 0 Å². The highest BCUT2D eigenvalue weighted by Gasteiger charge is 2.35. The van der Waals surface area contributed by atoms with Crippen molar-refractivity contribution in [1.29, 1.82) is 0 Å². The third-order valence-electron chi connectivity index (χ3n) is 2.41. The summed E-state index contributed by atoms with van der Waals surface area (Å²) in [5.74, 6) is 0.0944. The summed E-state index contributed by atoms with van der Waals surface area (Å²) in [6, 6.07) is 2.69.